The van der Waals surface area contributed by atoms with Crippen molar-refractivity contribution >= 4 is 81.1 Å². The summed E-state index contributed by atoms with van der Waals surface area (Å²) in [4.78, 5) is 0. The Labute approximate surface area is 441 Å². The molecule has 380 valence electrons. The summed E-state index contributed by atoms with van der Waals surface area (Å²) >= 11 is 0. The van der Waals surface area contributed by atoms with Crippen LogP contribution in [0.1, 0.15) is 258 Å². The molecule has 2 N–H and O–H groups in total. The first kappa shape index (κ1) is 61.8. The minimum Gasteiger partial charge on any atom is -0.731 e. The average molecular weight is 1000 g/mol. The number of unbranched alkanes of at least 4 members (excludes halogenated alkanes) is 34. The Bertz CT molecular complexity index is 1610. The Hall–Kier alpha value is -1.28. The minimum atomic E-state index is -4.52. The molecule has 0 radical (unpaired) electrons. The molecule has 2 heterocycles. The van der Waals surface area contributed by atoms with Gasteiger partial charge in [0.05, 0.1) is 22.7 Å². The van der Waals surface area contributed by atoms with E-state index in [1.165, 1.54) is 205 Å². The number of hydrogen-bond acceptors (Lipinski definition) is 8. The molecule has 2 aliphatic heterocycles. The van der Waals surface area contributed by atoms with Gasteiger partial charge in [-0.1, -0.05) is 256 Å². The summed E-state index contributed by atoms with van der Waals surface area (Å²) in [5.41, 5.74) is 2.40. The monoisotopic (exact) mass is 999 g/mol. The zero-order valence-corrected chi connectivity index (χ0v) is 46.4. The summed E-state index contributed by atoms with van der Waals surface area (Å²) in [6.45, 7) is 4.55. The van der Waals surface area contributed by atoms with Gasteiger partial charge in [-0.3, -0.25) is 8.61 Å². The number of hydrogen-bond donors (Lipinski definition) is 2. The molecule has 0 saturated heterocycles. The van der Waals surface area contributed by atoms with Gasteiger partial charge >= 0.3 is 37.7 Å². The third-order valence-electron chi connectivity index (χ3n) is 13.6. The van der Waals surface area contributed by atoms with Crippen LogP contribution in [0.25, 0.3) is 0 Å². The molecule has 10 nitrogen and oxygen atoms in total. The fourth-order valence-electron chi connectivity index (χ4n) is 9.80. The van der Waals surface area contributed by atoms with Crippen LogP contribution in [0.4, 0.5) is 22.7 Å². The smallest absolute Gasteiger partial charge is 0.731 e. The molecule has 0 spiro atoms. The maximum absolute atomic E-state index is 11.7. The normalized spacial score (nSPS) is 15.3. The first-order chi connectivity index (χ1) is 32.1. The molecule has 0 saturated carbocycles. The molecule has 0 aliphatic carbocycles. The van der Waals surface area contributed by atoms with E-state index in [4.69, 9.17) is 0 Å². The van der Waals surface area contributed by atoms with Gasteiger partial charge in [-0.2, -0.15) is 0 Å². The van der Waals surface area contributed by atoms with Crippen molar-refractivity contribution < 1.29 is 25.9 Å². The SMILES string of the molecule is CCCCCCCCCCCCCCCCCCCCC1Nc2ccccc2N1S(=O)(=O)[O-].CCCCCCCCCCCCCCCCCCCCC1Nc2ccccc2N1S(=O)(=O)[O-].[Ca+2]. The first-order valence-electron chi connectivity index (χ1n) is 27.3. The van der Waals surface area contributed by atoms with Crippen LogP contribution in [-0.2, 0) is 20.6 Å². The Balaban J connectivity index is 0.000000453. The molecule has 13 heteroatoms. The Morgan fingerprint density at radius 1 is 0.373 bits per heavy atom. The van der Waals surface area contributed by atoms with Gasteiger partial charge in [-0.15, -0.1) is 0 Å². The predicted octanol–water partition coefficient (Wildman–Crippen LogP) is 15.9. The van der Waals surface area contributed by atoms with Crippen molar-refractivity contribution in [2.24, 2.45) is 0 Å². The zero-order valence-electron chi connectivity index (χ0n) is 42.5. The molecule has 4 rings (SSSR count). The quantitative estimate of drug-likeness (QED) is 0.0381. The number of benzene rings is 2. The summed E-state index contributed by atoms with van der Waals surface area (Å²) in [5, 5.41) is 6.39. The van der Waals surface area contributed by atoms with Crippen molar-refractivity contribution in [2.45, 2.75) is 270 Å². The third-order valence-corrected chi connectivity index (χ3v) is 15.5. The van der Waals surface area contributed by atoms with Gasteiger partial charge in [-0.05, 0) is 49.9 Å². The van der Waals surface area contributed by atoms with Crippen LogP contribution in [-0.4, -0.2) is 76.0 Å². The maximum Gasteiger partial charge on any atom is 2.00 e. The van der Waals surface area contributed by atoms with Crippen molar-refractivity contribution in [3.8, 4) is 0 Å². The summed E-state index contributed by atoms with van der Waals surface area (Å²) in [7, 11) is -9.04. The molecule has 2 aromatic rings. The van der Waals surface area contributed by atoms with E-state index in [0.717, 1.165) is 45.7 Å². The minimum absolute atomic E-state index is 0. The fourth-order valence-corrected chi connectivity index (χ4v) is 11.5. The molecule has 2 atom stereocenters. The Kier molecular flexibility index (Phi) is 35.4. The molecule has 2 unspecified atom stereocenters. The summed E-state index contributed by atoms with van der Waals surface area (Å²) in [6.07, 6.45) is 48.2. The standard InChI is InChI=1S/2C27H48N2O3S.Ca/c2*1-2-3-4-5-6-7-8-9-10-11-12-13-14-15-16-17-18-19-24-27-28-25-22-20-21-23-26(25)29(27)33(30,31)32;/h2*20-23,27-28H,2-19,24H2,1H3,(H,30,31,32);/q;;+2/p-2. The van der Waals surface area contributed by atoms with Crippen molar-refractivity contribution in [2.75, 3.05) is 19.2 Å². The number of fused-ring (bicyclic) bond motifs is 2. The Morgan fingerprint density at radius 3 is 0.806 bits per heavy atom. The van der Waals surface area contributed by atoms with Gasteiger partial charge in [-0.25, -0.2) is 16.8 Å². The average Bonchev–Trinajstić information content (AvgIpc) is 3.87. The van der Waals surface area contributed by atoms with Crippen LogP contribution < -0.4 is 19.2 Å². The van der Waals surface area contributed by atoms with Crippen molar-refractivity contribution in [1.29, 1.82) is 0 Å². The number of nitrogens with zero attached hydrogens (tertiary/aromatic N) is 2. The van der Waals surface area contributed by atoms with Crippen LogP contribution in [0.5, 0.6) is 0 Å². The number of rotatable bonds is 40. The van der Waals surface area contributed by atoms with Gasteiger partial charge in [0.25, 0.3) is 0 Å². The molecular formula is C54H94CaN4O6S2. The molecule has 0 amide bonds. The topological polar surface area (TPSA) is 145 Å². The van der Waals surface area contributed by atoms with Gasteiger partial charge in [0.1, 0.15) is 12.3 Å². The maximum atomic E-state index is 11.7. The van der Waals surface area contributed by atoms with Crippen molar-refractivity contribution in [3.05, 3.63) is 48.5 Å². The number of anilines is 4. The molecule has 0 fully saturated rings. The van der Waals surface area contributed by atoms with Crippen molar-refractivity contribution in [3.63, 3.8) is 0 Å². The van der Waals surface area contributed by atoms with Gasteiger partial charge in [0.2, 0.25) is 0 Å². The first-order valence-corrected chi connectivity index (χ1v) is 30.0. The molecule has 2 aromatic carbocycles. The summed E-state index contributed by atoms with van der Waals surface area (Å²) in [5.74, 6) is 0. The van der Waals surface area contributed by atoms with Crippen molar-refractivity contribution in [1.82, 2.24) is 0 Å². The van der Waals surface area contributed by atoms with E-state index in [1.807, 2.05) is 24.3 Å². The van der Waals surface area contributed by atoms with E-state index in [1.54, 1.807) is 24.3 Å². The van der Waals surface area contributed by atoms with Crippen LogP contribution in [0.15, 0.2) is 48.5 Å². The molecule has 2 aliphatic rings. The van der Waals surface area contributed by atoms with E-state index in [9.17, 15) is 25.9 Å². The van der Waals surface area contributed by atoms with Crippen LogP contribution in [0.2, 0.25) is 0 Å². The molecular weight excluding hydrogens is 905 g/mol. The third kappa shape index (κ3) is 27.2. The van der Waals surface area contributed by atoms with E-state index in [-0.39, 0.29) is 37.7 Å². The Morgan fingerprint density at radius 2 is 0.582 bits per heavy atom. The van der Waals surface area contributed by atoms with Gasteiger partial charge in [0.15, 0.2) is 20.6 Å². The van der Waals surface area contributed by atoms with Crippen LogP contribution >= 0.6 is 0 Å². The van der Waals surface area contributed by atoms with Gasteiger partial charge < -0.3 is 19.7 Å². The number of nitrogens with one attached hydrogen (secondary N) is 2. The van der Waals surface area contributed by atoms with E-state index in [0.29, 0.717) is 24.2 Å². The summed E-state index contributed by atoms with van der Waals surface area (Å²) < 4.78 is 72.4. The molecule has 0 aromatic heterocycles. The second kappa shape index (κ2) is 38.4. The van der Waals surface area contributed by atoms with Crippen LogP contribution in [0, 0.1) is 0 Å². The predicted molar refractivity (Wildman–Crippen MR) is 285 cm³/mol. The van der Waals surface area contributed by atoms with Gasteiger partial charge in [0, 0.05) is 0 Å². The molecule has 0 bridgehead atoms. The van der Waals surface area contributed by atoms with E-state index < -0.39 is 32.9 Å². The summed E-state index contributed by atoms with van der Waals surface area (Å²) in [6, 6.07) is 14.2. The largest absolute Gasteiger partial charge is 2.00 e. The van der Waals surface area contributed by atoms with E-state index in [2.05, 4.69) is 24.5 Å². The second-order valence-electron chi connectivity index (χ2n) is 19.5. The van der Waals surface area contributed by atoms with E-state index >= 15 is 0 Å². The van der Waals surface area contributed by atoms with Crippen LogP contribution in [0.3, 0.4) is 0 Å². The fraction of sp³-hybridized carbons (Fsp3) is 0.778. The molecule has 67 heavy (non-hydrogen) atoms. The zero-order chi connectivity index (χ0) is 47.6. The number of para-hydroxylation sites is 4. The second-order valence-corrected chi connectivity index (χ2v) is 22.0.